The van der Waals surface area contributed by atoms with Crippen molar-refractivity contribution in [2.45, 2.75) is 58.3 Å². The topological polar surface area (TPSA) is 106 Å². The molecule has 3 N–H and O–H groups in total. The Hall–Kier alpha value is -2.82. The second-order valence-corrected chi connectivity index (χ2v) is 9.92. The number of amides is 3. The van der Waals surface area contributed by atoms with Crippen molar-refractivity contribution in [3.8, 4) is 0 Å². The first-order valence-electron chi connectivity index (χ1n) is 11.1. The molecule has 0 aliphatic carbocycles. The summed E-state index contributed by atoms with van der Waals surface area (Å²) in [5, 5.41) is 8.19. The zero-order chi connectivity index (χ0) is 25.0. The van der Waals surface area contributed by atoms with Gasteiger partial charge in [0.2, 0.25) is 5.91 Å². The van der Waals surface area contributed by atoms with E-state index in [0.29, 0.717) is 31.5 Å². The number of nitrogens with one attached hydrogen (secondary N) is 3. The highest BCUT2D eigenvalue weighted by Gasteiger charge is 2.22. The maximum atomic E-state index is 12.9. The van der Waals surface area contributed by atoms with Gasteiger partial charge < -0.3 is 25.4 Å². The standard InChI is InChI=1S/C25H32IN3O5/c1-25(2,3)34-23(31)27-16-8-7-11-21(22(30)28-20-14-12-19(26)13-15-20)29-24(32)33-17-18-9-5-4-6-10-18/h4-6,9-10,12-15,21H,7-8,11,16-17H2,1-3H3,(H,27,31)(H,28,30)(H,29,32)/t21-/m0/s1. The van der Waals surface area contributed by atoms with Gasteiger partial charge in [-0.3, -0.25) is 4.79 Å². The fourth-order valence-corrected chi connectivity index (χ4v) is 3.28. The molecule has 0 unspecified atom stereocenters. The van der Waals surface area contributed by atoms with Crippen LogP contribution in [0.1, 0.15) is 45.6 Å². The number of benzene rings is 2. The molecule has 0 heterocycles. The van der Waals surface area contributed by atoms with Crippen molar-refractivity contribution >= 4 is 46.4 Å². The first-order valence-corrected chi connectivity index (χ1v) is 12.2. The summed E-state index contributed by atoms with van der Waals surface area (Å²) in [7, 11) is 0. The highest BCUT2D eigenvalue weighted by atomic mass is 127. The molecule has 184 valence electrons. The monoisotopic (exact) mass is 581 g/mol. The number of alkyl carbamates (subject to hydrolysis) is 2. The number of unbranched alkanes of at least 4 members (excludes halogenated alkanes) is 1. The lowest BCUT2D eigenvalue weighted by molar-refractivity contribution is -0.118. The molecule has 3 amide bonds. The average Bonchev–Trinajstić information content (AvgIpc) is 2.77. The molecular weight excluding hydrogens is 549 g/mol. The summed E-state index contributed by atoms with van der Waals surface area (Å²) in [6.07, 6.45) is 0.445. The summed E-state index contributed by atoms with van der Waals surface area (Å²) in [6.45, 7) is 5.90. The fourth-order valence-electron chi connectivity index (χ4n) is 2.92. The van der Waals surface area contributed by atoms with Gasteiger partial charge in [-0.25, -0.2) is 9.59 Å². The minimum atomic E-state index is -0.788. The van der Waals surface area contributed by atoms with E-state index in [1.54, 1.807) is 32.9 Å². The second-order valence-electron chi connectivity index (χ2n) is 8.68. The van der Waals surface area contributed by atoms with E-state index in [1.165, 1.54) is 0 Å². The van der Waals surface area contributed by atoms with Crippen LogP contribution in [-0.2, 0) is 20.9 Å². The minimum absolute atomic E-state index is 0.109. The van der Waals surface area contributed by atoms with Gasteiger partial charge in [0.25, 0.3) is 0 Å². The molecule has 0 radical (unpaired) electrons. The van der Waals surface area contributed by atoms with Gasteiger partial charge in [-0.2, -0.15) is 0 Å². The van der Waals surface area contributed by atoms with Crippen molar-refractivity contribution in [3.05, 3.63) is 63.7 Å². The summed E-state index contributed by atoms with van der Waals surface area (Å²) in [4.78, 5) is 37.0. The number of carbonyl (C=O) groups is 3. The maximum Gasteiger partial charge on any atom is 0.408 e. The van der Waals surface area contributed by atoms with Gasteiger partial charge >= 0.3 is 12.2 Å². The van der Waals surface area contributed by atoms with Crippen LogP contribution in [-0.4, -0.2) is 36.3 Å². The first kappa shape index (κ1) is 27.4. The summed E-state index contributed by atoms with van der Waals surface area (Å²) in [5.74, 6) is -0.335. The number of hydrogen-bond donors (Lipinski definition) is 3. The number of anilines is 1. The molecule has 0 spiro atoms. The quantitative estimate of drug-likeness (QED) is 0.264. The number of halogens is 1. The minimum Gasteiger partial charge on any atom is -0.445 e. The normalized spacial score (nSPS) is 11.8. The van der Waals surface area contributed by atoms with E-state index in [-0.39, 0.29) is 12.5 Å². The van der Waals surface area contributed by atoms with Crippen LogP contribution in [0.5, 0.6) is 0 Å². The Kier molecular flexibility index (Phi) is 11.1. The Labute approximate surface area is 214 Å². The maximum absolute atomic E-state index is 12.9. The summed E-state index contributed by atoms with van der Waals surface area (Å²) in [6, 6.07) is 15.9. The third kappa shape index (κ3) is 11.4. The first-order chi connectivity index (χ1) is 16.1. The molecule has 0 fully saturated rings. The van der Waals surface area contributed by atoms with Crippen molar-refractivity contribution in [2.75, 3.05) is 11.9 Å². The van der Waals surface area contributed by atoms with Crippen molar-refractivity contribution in [3.63, 3.8) is 0 Å². The van der Waals surface area contributed by atoms with Crippen LogP contribution in [0.25, 0.3) is 0 Å². The Bertz CT molecular complexity index is 930. The van der Waals surface area contributed by atoms with E-state index in [1.807, 2.05) is 42.5 Å². The highest BCUT2D eigenvalue weighted by molar-refractivity contribution is 14.1. The molecule has 8 nitrogen and oxygen atoms in total. The third-order valence-corrected chi connectivity index (χ3v) is 5.24. The number of carbonyl (C=O) groups excluding carboxylic acids is 3. The van der Waals surface area contributed by atoms with Crippen LogP contribution in [0.2, 0.25) is 0 Å². The molecule has 0 aliphatic rings. The van der Waals surface area contributed by atoms with E-state index in [4.69, 9.17) is 9.47 Å². The van der Waals surface area contributed by atoms with Crippen molar-refractivity contribution in [1.29, 1.82) is 0 Å². The smallest absolute Gasteiger partial charge is 0.408 e. The van der Waals surface area contributed by atoms with Crippen LogP contribution in [0.3, 0.4) is 0 Å². The predicted molar refractivity (Wildman–Crippen MR) is 139 cm³/mol. The molecular formula is C25H32IN3O5. The van der Waals surface area contributed by atoms with Gasteiger partial charge in [-0.1, -0.05) is 30.3 Å². The van der Waals surface area contributed by atoms with Crippen molar-refractivity contribution < 1.29 is 23.9 Å². The molecule has 2 rings (SSSR count). The summed E-state index contributed by atoms with van der Waals surface area (Å²) in [5.41, 5.74) is 0.930. The van der Waals surface area contributed by atoms with Gasteiger partial charge in [-0.05, 0) is 92.5 Å². The second kappa shape index (κ2) is 13.8. The Balaban J connectivity index is 1.87. The fraction of sp³-hybridized carbons (Fsp3) is 0.400. The summed E-state index contributed by atoms with van der Waals surface area (Å²) < 4.78 is 11.5. The number of rotatable bonds is 10. The van der Waals surface area contributed by atoms with E-state index in [2.05, 4.69) is 38.5 Å². The lowest BCUT2D eigenvalue weighted by atomic mass is 10.1. The predicted octanol–water partition coefficient (Wildman–Crippen LogP) is 5.22. The van der Waals surface area contributed by atoms with Gasteiger partial charge in [0.1, 0.15) is 18.2 Å². The summed E-state index contributed by atoms with van der Waals surface area (Å²) >= 11 is 2.19. The molecule has 34 heavy (non-hydrogen) atoms. The lowest BCUT2D eigenvalue weighted by Gasteiger charge is -2.20. The molecule has 0 aromatic heterocycles. The Morgan fingerprint density at radius 1 is 0.941 bits per heavy atom. The molecule has 0 saturated carbocycles. The van der Waals surface area contributed by atoms with E-state index in [0.717, 1.165) is 9.13 Å². The van der Waals surface area contributed by atoms with Gasteiger partial charge in [0.05, 0.1) is 0 Å². The van der Waals surface area contributed by atoms with Crippen LogP contribution in [0.15, 0.2) is 54.6 Å². The van der Waals surface area contributed by atoms with Crippen LogP contribution in [0.4, 0.5) is 15.3 Å². The number of hydrogen-bond acceptors (Lipinski definition) is 5. The molecule has 1 atom stereocenters. The number of ether oxygens (including phenoxy) is 2. The van der Waals surface area contributed by atoms with Crippen molar-refractivity contribution in [1.82, 2.24) is 10.6 Å². The van der Waals surface area contributed by atoms with E-state index in [9.17, 15) is 14.4 Å². The van der Waals surface area contributed by atoms with Gasteiger partial charge in [0.15, 0.2) is 0 Å². The zero-order valence-electron chi connectivity index (χ0n) is 19.7. The largest absolute Gasteiger partial charge is 0.445 e. The SMILES string of the molecule is CC(C)(C)OC(=O)NCCCC[C@H](NC(=O)OCc1ccccc1)C(=O)Nc1ccc(I)cc1. The van der Waals surface area contributed by atoms with Crippen molar-refractivity contribution in [2.24, 2.45) is 0 Å². The Morgan fingerprint density at radius 2 is 1.62 bits per heavy atom. The Morgan fingerprint density at radius 3 is 2.26 bits per heavy atom. The molecule has 0 bridgehead atoms. The molecule has 2 aromatic rings. The van der Waals surface area contributed by atoms with Crippen LogP contribution in [0, 0.1) is 3.57 Å². The highest BCUT2D eigenvalue weighted by Crippen LogP contribution is 2.13. The lowest BCUT2D eigenvalue weighted by Crippen LogP contribution is -2.44. The van der Waals surface area contributed by atoms with Crippen LogP contribution < -0.4 is 16.0 Å². The molecule has 0 aliphatic heterocycles. The molecule has 0 saturated heterocycles. The van der Waals surface area contributed by atoms with Gasteiger partial charge in [-0.15, -0.1) is 0 Å². The van der Waals surface area contributed by atoms with Gasteiger partial charge in [0, 0.05) is 15.8 Å². The molecule has 9 heteroatoms. The van der Waals surface area contributed by atoms with E-state index < -0.39 is 23.8 Å². The van der Waals surface area contributed by atoms with Crippen LogP contribution >= 0.6 is 22.6 Å². The average molecular weight is 581 g/mol. The third-order valence-electron chi connectivity index (χ3n) is 4.52. The van der Waals surface area contributed by atoms with E-state index >= 15 is 0 Å². The zero-order valence-corrected chi connectivity index (χ0v) is 21.9. The molecule has 2 aromatic carbocycles.